The number of nitro benzene ring substituents is 1. The molecule has 0 amide bonds. The monoisotopic (exact) mass is 287 g/mol. The van der Waals surface area contributed by atoms with E-state index >= 15 is 0 Å². The van der Waals surface area contributed by atoms with Crippen LogP contribution < -0.4 is 0 Å². The van der Waals surface area contributed by atoms with Gasteiger partial charge in [0.05, 0.1) is 23.0 Å². The number of imidazole rings is 1. The quantitative estimate of drug-likeness (QED) is 0.695. The molecule has 6 nitrogen and oxygen atoms in total. The molecule has 21 heavy (non-hydrogen) atoms. The van der Waals surface area contributed by atoms with E-state index in [1.54, 1.807) is 25.4 Å². The maximum atomic E-state index is 11.4. The lowest BCUT2D eigenvalue weighted by molar-refractivity contribution is -0.384. The van der Waals surface area contributed by atoms with Crippen molar-refractivity contribution in [2.45, 2.75) is 38.7 Å². The Hall–Kier alpha value is -2.21. The zero-order chi connectivity index (χ0) is 15.0. The molecule has 0 unspecified atom stereocenters. The zero-order valence-corrected chi connectivity index (χ0v) is 11.8. The van der Waals surface area contributed by atoms with E-state index in [9.17, 15) is 15.2 Å². The predicted molar refractivity (Wildman–Crippen MR) is 77.5 cm³/mol. The number of nitrogens with zero attached hydrogens (tertiary/aromatic N) is 3. The van der Waals surface area contributed by atoms with Crippen molar-refractivity contribution >= 4 is 5.69 Å². The normalized spacial score (nSPS) is 15.5. The van der Waals surface area contributed by atoms with Crippen LogP contribution in [0.3, 0.4) is 0 Å². The van der Waals surface area contributed by atoms with Crippen molar-refractivity contribution in [3.05, 3.63) is 51.6 Å². The zero-order valence-electron chi connectivity index (χ0n) is 11.8. The fraction of sp³-hybridized carbons (Fsp3) is 0.400. The average molecular weight is 287 g/mol. The largest absolute Gasteiger partial charge is 0.389 e. The summed E-state index contributed by atoms with van der Waals surface area (Å²) in [5.74, 6) is 0. The fourth-order valence-corrected chi connectivity index (χ4v) is 2.83. The summed E-state index contributed by atoms with van der Waals surface area (Å²) >= 11 is 0. The minimum atomic E-state index is -0.727. The van der Waals surface area contributed by atoms with Gasteiger partial charge in [-0.1, -0.05) is 6.07 Å². The molecule has 1 aliphatic rings. The third kappa shape index (κ3) is 2.42. The number of aliphatic hydroxyl groups is 1. The molecule has 1 N–H and O–H groups in total. The van der Waals surface area contributed by atoms with Crippen LogP contribution in [0.1, 0.15) is 42.8 Å². The van der Waals surface area contributed by atoms with Crippen LogP contribution in [0, 0.1) is 10.1 Å². The molecule has 1 aromatic heterocycles. The molecular formula is C15H17N3O3. The Morgan fingerprint density at radius 2 is 2.14 bits per heavy atom. The van der Waals surface area contributed by atoms with E-state index in [0.29, 0.717) is 11.3 Å². The molecule has 0 aliphatic heterocycles. The van der Waals surface area contributed by atoms with Gasteiger partial charge >= 0.3 is 0 Å². The van der Waals surface area contributed by atoms with Crippen molar-refractivity contribution in [2.75, 3.05) is 0 Å². The van der Waals surface area contributed by atoms with E-state index in [-0.39, 0.29) is 5.69 Å². The summed E-state index contributed by atoms with van der Waals surface area (Å²) in [6.07, 6.45) is 4.97. The number of hydrogen-bond donors (Lipinski definition) is 1. The minimum Gasteiger partial charge on any atom is -0.389 e. The first kappa shape index (κ1) is 13.8. The van der Waals surface area contributed by atoms with Gasteiger partial charge in [0.25, 0.3) is 5.69 Å². The van der Waals surface area contributed by atoms with Crippen LogP contribution in [-0.2, 0) is 12.8 Å². The number of aromatic nitrogens is 2. The van der Waals surface area contributed by atoms with Crippen LogP contribution in [0.2, 0.25) is 0 Å². The number of rotatable bonds is 3. The van der Waals surface area contributed by atoms with Crippen molar-refractivity contribution in [1.29, 1.82) is 0 Å². The molecule has 1 aliphatic carbocycles. The Morgan fingerprint density at radius 1 is 1.38 bits per heavy atom. The third-order valence-corrected chi connectivity index (χ3v) is 3.97. The number of aryl methyl sites for hydroxylation is 1. The maximum Gasteiger partial charge on any atom is 0.293 e. The molecule has 0 radical (unpaired) electrons. The second kappa shape index (κ2) is 5.29. The van der Waals surface area contributed by atoms with Gasteiger partial charge < -0.3 is 5.11 Å². The fourth-order valence-electron chi connectivity index (χ4n) is 2.83. The lowest BCUT2D eigenvalue weighted by Gasteiger charge is -2.15. The average Bonchev–Trinajstić information content (AvgIpc) is 2.90. The van der Waals surface area contributed by atoms with Gasteiger partial charge in [0.15, 0.2) is 0 Å². The van der Waals surface area contributed by atoms with Gasteiger partial charge in [-0.15, -0.1) is 0 Å². The standard InChI is InChI=1S/C15H17N3O3/c1-10(19)11-6-7-14(15(8-11)18(20)21)17-9-16-12-4-2-3-5-13(12)17/h6-10,19H,2-5H2,1H3/t10-/m1/s1. The molecule has 0 bridgehead atoms. The molecule has 6 heteroatoms. The van der Waals surface area contributed by atoms with Crippen molar-refractivity contribution in [3.8, 4) is 5.69 Å². The Labute approximate surface area is 122 Å². The SMILES string of the molecule is C[C@@H](O)c1ccc(-n2cnc3c2CCCC3)c([N+](=O)[O-])c1. The Morgan fingerprint density at radius 3 is 2.86 bits per heavy atom. The Bertz CT molecular complexity index is 691. The van der Waals surface area contributed by atoms with Crippen molar-refractivity contribution in [2.24, 2.45) is 0 Å². The number of fused-ring (bicyclic) bond motifs is 1. The van der Waals surface area contributed by atoms with Gasteiger partial charge in [0, 0.05) is 11.8 Å². The van der Waals surface area contributed by atoms with Crippen LogP contribution >= 0.6 is 0 Å². The molecule has 1 heterocycles. The van der Waals surface area contributed by atoms with E-state index in [4.69, 9.17) is 0 Å². The van der Waals surface area contributed by atoms with Crippen LogP contribution in [0.15, 0.2) is 24.5 Å². The van der Waals surface area contributed by atoms with Gasteiger partial charge in [-0.3, -0.25) is 14.7 Å². The molecule has 0 spiro atoms. The van der Waals surface area contributed by atoms with Crippen molar-refractivity contribution in [3.63, 3.8) is 0 Å². The van der Waals surface area contributed by atoms with Gasteiger partial charge in [-0.05, 0) is 44.2 Å². The highest BCUT2D eigenvalue weighted by atomic mass is 16.6. The van der Waals surface area contributed by atoms with Gasteiger partial charge in [-0.25, -0.2) is 4.98 Å². The topological polar surface area (TPSA) is 81.2 Å². The highest BCUT2D eigenvalue weighted by Crippen LogP contribution is 2.30. The summed E-state index contributed by atoms with van der Waals surface area (Å²) in [6, 6.07) is 4.86. The van der Waals surface area contributed by atoms with E-state index in [2.05, 4.69) is 4.98 Å². The summed E-state index contributed by atoms with van der Waals surface area (Å²) in [7, 11) is 0. The molecule has 0 fully saturated rings. The molecule has 1 atom stereocenters. The van der Waals surface area contributed by atoms with Crippen LogP contribution in [-0.4, -0.2) is 19.6 Å². The minimum absolute atomic E-state index is 0.000765. The number of benzene rings is 1. The number of aliphatic hydroxyl groups excluding tert-OH is 1. The van der Waals surface area contributed by atoms with Crippen LogP contribution in [0.25, 0.3) is 5.69 Å². The van der Waals surface area contributed by atoms with Crippen molar-refractivity contribution in [1.82, 2.24) is 9.55 Å². The smallest absolute Gasteiger partial charge is 0.293 e. The lowest BCUT2D eigenvalue weighted by atomic mass is 10.0. The van der Waals surface area contributed by atoms with Crippen molar-refractivity contribution < 1.29 is 10.0 Å². The highest BCUT2D eigenvalue weighted by Gasteiger charge is 2.22. The number of nitro groups is 1. The Kier molecular flexibility index (Phi) is 3.47. The molecule has 1 aromatic carbocycles. The predicted octanol–water partition coefficient (Wildman–Crippen LogP) is 2.71. The summed E-state index contributed by atoms with van der Waals surface area (Å²) in [6.45, 7) is 1.60. The van der Waals surface area contributed by atoms with Gasteiger partial charge in [-0.2, -0.15) is 0 Å². The summed E-state index contributed by atoms with van der Waals surface area (Å²) < 4.78 is 1.82. The second-order valence-corrected chi connectivity index (χ2v) is 5.40. The first-order valence-corrected chi connectivity index (χ1v) is 7.10. The first-order chi connectivity index (χ1) is 10.1. The van der Waals surface area contributed by atoms with Gasteiger partial charge in [0.1, 0.15) is 5.69 Å². The molecular weight excluding hydrogens is 270 g/mol. The lowest BCUT2D eigenvalue weighted by Crippen LogP contribution is -2.08. The van der Waals surface area contributed by atoms with E-state index in [0.717, 1.165) is 37.1 Å². The first-order valence-electron chi connectivity index (χ1n) is 7.10. The molecule has 3 rings (SSSR count). The summed E-state index contributed by atoms with van der Waals surface area (Å²) in [5.41, 5.74) is 3.16. The van der Waals surface area contributed by atoms with Crippen LogP contribution in [0.5, 0.6) is 0 Å². The molecule has 0 saturated heterocycles. The second-order valence-electron chi connectivity index (χ2n) is 5.40. The molecule has 2 aromatic rings. The van der Waals surface area contributed by atoms with Gasteiger partial charge in [0.2, 0.25) is 0 Å². The summed E-state index contributed by atoms with van der Waals surface area (Å²) in [4.78, 5) is 15.3. The van der Waals surface area contributed by atoms with Crippen LogP contribution in [0.4, 0.5) is 5.69 Å². The highest BCUT2D eigenvalue weighted by molar-refractivity contribution is 5.55. The van der Waals surface area contributed by atoms with E-state index in [1.165, 1.54) is 6.07 Å². The van der Waals surface area contributed by atoms with E-state index < -0.39 is 11.0 Å². The summed E-state index contributed by atoms with van der Waals surface area (Å²) in [5, 5.41) is 21.0. The van der Waals surface area contributed by atoms with E-state index in [1.807, 2.05) is 4.57 Å². The maximum absolute atomic E-state index is 11.4. The third-order valence-electron chi connectivity index (χ3n) is 3.97. The number of hydrogen-bond acceptors (Lipinski definition) is 4. The molecule has 110 valence electrons. The molecule has 0 saturated carbocycles. The Balaban J connectivity index is 2.14.